The predicted octanol–water partition coefficient (Wildman–Crippen LogP) is 0.539. The fourth-order valence-electron chi connectivity index (χ4n) is 1.28. The van der Waals surface area contributed by atoms with Crippen molar-refractivity contribution < 1.29 is 34.0 Å². The number of hydrogen-bond donors (Lipinski definition) is 4. The topological polar surface area (TPSA) is 98.0 Å². The minimum absolute atomic E-state index is 0.617. The van der Waals surface area contributed by atoms with Gasteiger partial charge in [0.05, 0.1) is 12.5 Å². The summed E-state index contributed by atoms with van der Waals surface area (Å²) in [5.74, 6) is -5.42. The molecule has 5 nitrogen and oxygen atoms in total. The monoisotopic (exact) mass is 248 g/mol. The number of hydrogen-bond acceptors (Lipinski definition) is 4. The number of halogens is 2. The second-order valence-electron chi connectivity index (χ2n) is 3.41. The Labute approximate surface area is 94.6 Å². The van der Waals surface area contributed by atoms with Gasteiger partial charge in [-0.25, -0.2) is 4.39 Å². The number of aromatic hydroxyl groups is 1. The summed E-state index contributed by atoms with van der Waals surface area (Å²) in [6, 6.07) is 1.66. The number of phenols is 1. The van der Waals surface area contributed by atoms with E-state index in [0.717, 1.165) is 12.1 Å². The van der Waals surface area contributed by atoms with Crippen molar-refractivity contribution in [2.45, 2.75) is 18.6 Å². The molecule has 0 fully saturated rings. The molecule has 2 atom stereocenters. The van der Waals surface area contributed by atoms with Crippen LogP contribution in [0.5, 0.6) is 5.75 Å². The van der Waals surface area contributed by atoms with Gasteiger partial charge in [0, 0.05) is 5.56 Å². The molecule has 0 aliphatic carbocycles. The van der Waals surface area contributed by atoms with Gasteiger partial charge in [-0.2, -0.15) is 4.39 Å². The van der Waals surface area contributed by atoms with Crippen molar-refractivity contribution in [1.82, 2.24) is 0 Å². The van der Waals surface area contributed by atoms with Gasteiger partial charge in [-0.3, -0.25) is 4.79 Å². The van der Waals surface area contributed by atoms with Gasteiger partial charge in [-0.15, -0.1) is 0 Å². The minimum Gasteiger partial charge on any atom is -0.505 e. The highest BCUT2D eigenvalue weighted by molar-refractivity contribution is 5.67. The van der Waals surface area contributed by atoms with Crippen molar-refractivity contribution >= 4 is 5.97 Å². The molecular formula is C10H10F2O5. The molecule has 0 aliphatic heterocycles. The van der Waals surface area contributed by atoms with E-state index in [1.807, 2.05) is 0 Å². The molecule has 0 radical (unpaired) electrons. The molecule has 0 heterocycles. The molecule has 94 valence electrons. The molecule has 0 spiro atoms. The Balaban J connectivity index is 3.00. The SMILES string of the molecule is O=C(O)CC(O)C(O)c1ccc(O)c(F)c1F. The lowest BCUT2D eigenvalue weighted by Gasteiger charge is -2.17. The first-order valence-electron chi connectivity index (χ1n) is 4.59. The summed E-state index contributed by atoms with van der Waals surface area (Å²) in [5, 5.41) is 35.9. The average Bonchev–Trinajstić information content (AvgIpc) is 2.24. The molecule has 4 N–H and O–H groups in total. The van der Waals surface area contributed by atoms with Crippen molar-refractivity contribution in [3.05, 3.63) is 29.3 Å². The van der Waals surface area contributed by atoms with Crippen molar-refractivity contribution in [2.24, 2.45) is 0 Å². The zero-order valence-corrected chi connectivity index (χ0v) is 8.47. The third kappa shape index (κ3) is 2.89. The molecule has 0 saturated carbocycles. The molecule has 7 heteroatoms. The lowest BCUT2D eigenvalue weighted by molar-refractivity contribution is -0.141. The fraction of sp³-hybridized carbons (Fsp3) is 0.300. The number of carboxylic acid groups (broad SMARTS) is 1. The van der Waals surface area contributed by atoms with Crippen molar-refractivity contribution in [3.63, 3.8) is 0 Å². The van der Waals surface area contributed by atoms with E-state index in [2.05, 4.69) is 0 Å². The maximum absolute atomic E-state index is 13.3. The maximum atomic E-state index is 13.3. The van der Waals surface area contributed by atoms with Crippen molar-refractivity contribution in [2.75, 3.05) is 0 Å². The molecular weight excluding hydrogens is 238 g/mol. The number of aliphatic hydroxyl groups excluding tert-OH is 2. The van der Waals surface area contributed by atoms with E-state index in [0.29, 0.717) is 0 Å². The van der Waals surface area contributed by atoms with Crippen LogP contribution in [0.15, 0.2) is 12.1 Å². The maximum Gasteiger partial charge on any atom is 0.306 e. The third-order valence-corrected chi connectivity index (χ3v) is 2.16. The Morgan fingerprint density at radius 1 is 1.24 bits per heavy atom. The van der Waals surface area contributed by atoms with E-state index >= 15 is 0 Å². The fourth-order valence-corrected chi connectivity index (χ4v) is 1.28. The quantitative estimate of drug-likeness (QED) is 0.623. The van der Waals surface area contributed by atoms with Gasteiger partial charge in [0.15, 0.2) is 11.6 Å². The zero-order valence-electron chi connectivity index (χ0n) is 8.47. The number of benzene rings is 1. The normalized spacial score (nSPS) is 14.4. The summed E-state index contributed by atoms with van der Waals surface area (Å²) in [4.78, 5) is 10.3. The van der Waals surface area contributed by atoms with Crippen LogP contribution in [-0.2, 0) is 4.79 Å². The van der Waals surface area contributed by atoms with Gasteiger partial charge < -0.3 is 20.4 Å². The Morgan fingerprint density at radius 2 is 1.82 bits per heavy atom. The van der Waals surface area contributed by atoms with Crippen LogP contribution < -0.4 is 0 Å². The lowest BCUT2D eigenvalue weighted by Crippen LogP contribution is -2.22. The second kappa shape index (κ2) is 5.07. The van der Waals surface area contributed by atoms with Gasteiger partial charge in [-0.05, 0) is 12.1 Å². The number of aliphatic carboxylic acids is 1. The largest absolute Gasteiger partial charge is 0.505 e. The summed E-state index contributed by atoms with van der Waals surface area (Å²) in [6.45, 7) is 0. The van der Waals surface area contributed by atoms with Crippen molar-refractivity contribution in [1.29, 1.82) is 0 Å². The van der Waals surface area contributed by atoms with Crippen LogP contribution in [0.2, 0.25) is 0 Å². The van der Waals surface area contributed by atoms with Crippen LogP contribution in [0.4, 0.5) is 8.78 Å². The van der Waals surface area contributed by atoms with E-state index in [-0.39, 0.29) is 0 Å². The zero-order chi connectivity index (χ0) is 13.2. The highest BCUT2D eigenvalue weighted by atomic mass is 19.2. The Morgan fingerprint density at radius 3 is 2.35 bits per heavy atom. The average molecular weight is 248 g/mol. The smallest absolute Gasteiger partial charge is 0.306 e. The molecule has 0 amide bonds. The second-order valence-corrected chi connectivity index (χ2v) is 3.41. The van der Waals surface area contributed by atoms with E-state index in [4.69, 9.17) is 10.2 Å². The summed E-state index contributed by atoms with van der Waals surface area (Å²) in [5.41, 5.74) is -0.617. The summed E-state index contributed by atoms with van der Waals surface area (Å²) < 4.78 is 26.2. The van der Waals surface area contributed by atoms with Gasteiger partial charge in [0.2, 0.25) is 5.82 Å². The van der Waals surface area contributed by atoms with Gasteiger partial charge in [0.25, 0.3) is 0 Å². The molecule has 0 bridgehead atoms. The molecule has 17 heavy (non-hydrogen) atoms. The van der Waals surface area contributed by atoms with Gasteiger partial charge in [0.1, 0.15) is 6.10 Å². The number of carboxylic acids is 1. The highest BCUT2D eigenvalue weighted by Crippen LogP contribution is 2.27. The number of phenolic OH excluding ortho intramolecular Hbond substituents is 1. The summed E-state index contributed by atoms with van der Waals surface area (Å²) in [6.07, 6.45) is -4.48. The minimum atomic E-state index is -1.89. The number of rotatable bonds is 4. The number of carbonyl (C=O) groups is 1. The van der Waals surface area contributed by atoms with Crippen LogP contribution in [-0.4, -0.2) is 32.5 Å². The van der Waals surface area contributed by atoms with Crippen LogP contribution in [0, 0.1) is 11.6 Å². The van der Waals surface area contributed by atoms with Crippen LogP contribution in [0.25, 0.3) is 0 Å². The van der Waals surface area contributed by atoms with Crippen LogP contribution in [0.3, 0.4) is 0 Å². The molecule has 1 aromatic rings. The standard InChI is InChI=1S/C10H10F2O5/c11-8-4(1-2-5(13)9(8)12)10(17)6(14)3-7(15)16/h1-2,6,10,13-14,17H,3H2,(H,15,16). The van der Waals surface area contributed by atoms with Gasteiger partial charge >= 0.3 is 5.97 Å². The molecule has 0 aliphatic rings. The molecule has 2 unspecified atom stereocenters. The number of aliphatic hydroxyl groups is 2. The first-order chi connectivity index (χ1) is 7.84. The summed E-state index contributed by atoms with van der Waals surface area (Å²) in [7, 11) is 0. The van der Waals surface area contributed by atoms with Crippen molar-refractivity contribution in [3.8, 4) is 5.75 Å². The van der Waals surface area contributed by atoms with Crippen LogP contribution >= 0.6 is 0 Å². The predicted molar refractivity (Wildman–Crippen MR) is 51.2 cm³/mol. The Hall–Kier alpha value is -1.73. The molecule has 0 aromatic heterocycles. The van der Waals surface area contributed by atoms with E-state index in [1.54, 1.807) is 0 Å². The first kappa shape index (κ1) is 13.3. The lowest BCUT2D eigenvalue weighted by atomic mass is 10.0. The van der Waals surface area contributed by atoms with E-state index in [1.165, 1.54) is 0 Å². The van der Waals surface area contributed by atoms with Crippen LogP contribution in [0.1, 0.15) is 18.1 Å². The molecule has 1 rings (SSSR count). The Bertz CT molecular complexity index is 435. The molecule has 0 saturated heterocycles. The molecule has 1 aromatic carbocycles. The van der Waals surface area contributed by atoms with Gasteiger partial charge in [-0.1, -0.05) is 0 Å². The Kier molecular flexibility index (Phi) is 3.97. The van der Waals surface area contributed by atoms with E-state index in [9.17, 15) is 23.8 Å². The highest BCUT2D eigenvalue weighted by Gasteiger charge is 2.26. The first-order valence-corrected chi connectivity index (χ1v) is 4.59. The third-order valence-electron chi connectivity index (χ3n) is 2.16. The summed E-state index contributed by atoms with van der Waals surface area (Å²) >= 11 is 0. The van der Waals surface area contributed by atoms with E-state index < -0.39 is 47.5 Å².